The SMILES string of the molecule is COc1ccc(N2CC(CN3CCC(n4c(=S)[nH]c5ccccc54)CC3)OC2=O)cc1. The summed E-state index contributed by atoms with van der Waals surface area (Å²) in [6.45, 7) is 3.24. The number of nitrogens with one attached hydrogen (secondary N) is 1. The molecule has 1 amide bonds. The summed E-state index contributed by atoms with van der Waals surface area (Å²) >= 11 is 5.59. The number of hydrogen-bond donors (Lipinski definition) is 1. The highest BCUT2D eigenvalue weighted by Crippen LogP contribution is 2.29. The van der Waals surface area contributed by atoms with Gasteiger partial charge in [-0.25, -0.2) is 4.79 Å². The van der Waals surface area contributed by atoms with E-state index in [1.54, 1.807) is 12.0 Å². The van der Waals surface area contributed by atoms with Crippen LogP contribution in [-0.2, 0) is 4.74 Å². The maximum atomic E-state index is 12.4. The highest BCUT2D eigenvalue weighted by molar-refractivity contribution is 7.71. The fourth-order valence-corrected chi connectivity index (χ4v) is 5.03. The number of piperidine rings is 1. The van der Waals surface area contributed by atoms with Gasteiger partial charge in [-0.15, -0.1) is 0 Å². The number of hydrogen-bond acceptors (Lipinski definition) is 5. The number of nitrogens with zero attached hydrogens (tertiary/aromatic N) is 3. The van der Waals surface area contributed by atoms with Crippen LogP contribution in [0.5, 0.6) is 5.75 Å². The van der Waals surface area contributed by atoms with E-state index in [2.05, 4.69) is 32.7 Å². The first-order chi connectivity index (χ1) is 15.1. The van der Waals surface area contributed by atoms with Crippen molar-refractivity contribution in [3.63, 3.8) is 0 Å². The van der Waals surface area contributed by atoms with Crippen molar-refractivity contribution in [3.8, 4) is 5.75 Å². The summed E-state index contributed by atoms with van der Waals surface area (Å²) in [5, 5.41) is 0. The van der Waals surface area contributed by atoms with Gasteiger partial charge < -0.3 is 19.0 Å². The lowest BCUT2D eigenvalue weighted by Gasteiger charge is -2.33. The smallest absolute Gasteiger partial charge is 0.414 e. The van der Waals surface area contributed by atoms with Crippen molar-refractivity contribution in [2.24, 2.45) is 0 Å². The molecule has 0 spiro atoms. The number of benzene rings is 2. The molecule has 3 aromatic rings. The van der Waals surface area contributed by atoms with Crippen molar-refractivity contribution < 1.29 is 14.3 Å². The summed E-state index contributed by atoms with van der Waals surface area (Å²) in [5.41, 5.74) is 3.10. The fraction of sp³-hybridized carbons (Fsp3) is 0.391. The third-order valence-corrected chi connectivity index (χ3v) is 6.57. The second-order valence-corrected chi connectivity index (χ2v) is 8.55. The standard InChI is InChI=1S/C23H26N4O3S/c1-29-18-8-6-16(7-9-18)26-15-19(30-23(26)28)14-25-12-10-17(11-13-25)27-21-5-3-2-4-20(21)24-22(27)31/h2-9,17,19H,10-15H2,1H3,(H,24,31). The Balaban J connectivity index is 1.19. The molecule has 1 N–H and O–H groups in total. The molecule has 2 saturated heterocycles. The second kappa shape index (κ2) is 8.36. The lowest BCUT2D eigenvalue weighted by molar-refractivity contribution is 0.0927. The second-order valence-electron chi connectivity index (χ2n) is 8.16. The number of ether oxygens (including phenoxy) is 2. The minimum absolute atomic E-state index is 0.124. The number of rotatable bonds is 5. The Hall–Kier alpha value is -2.84. The van der Waals surface area contributed by atoms with Gasteiger partial charge in [0.25, 0.3) is 0 Å². The Morgan fingerprint density at radius 2 is 1.87 bits per heavy atom. The van der Waals surface area contributed by atoms with Crippen LogP contribution in [-0.4, -0.2) is 59.9 Å². The molecule has 1 unspecified atom stereocenters. The van der Waals surface area contributed by atoms with Crippen LogP contribution >= 0.6 is 12.2 Å². The Labute approximate surface area is 186 Å². The number of carbonyl (C=O) groups is 1. The normalized spacial score (nSPS) is 20.4. The van der Waals surface area contributed by atoms with Gasteiger partial charge in [0.2, 0.25) is 0 Å². The van der Waals surface area contributed by atoms with E-state index in [0.29, 0.717) is 12.6 Å². The van der Waals surface area contributed by atoms with E-state index >= 15 is 0 Å². The number of methoxy groups -OCH3 is 1. The van der Waals surface area contributed by atoms with Crippen LogP contribution in [0.4, 0.5) is 10.5 Å². The maximum absolute atomic E-state index is 12.4. The summed E-state index contributed by atoms with van der Waals surface area (Å²) in [5.74, 6) is 0.769. The van der Waals surface area contributed by atoms with Crippen LogP contribution in [0.25, 0.3) is 11.0 Å². The van der Waals surface area contributed by atoms with Crippen LogP contribution in [0, 0.1) is 4.77 Å². The van der Waals surface area contributed by atoms with Gasteiger partial charge in [-0.1, -0.05) is 12.1 Å². The summed E-state index contributed by atoms with van der Waals surface area (Å²) in [4.78, 5) is 19.8. The molecule has 31 heavy (non-hydrogen) atoms. The van der Waals surface area contributed by atoms with E-state index in [1.165, 1.54) is 5.52 Å². The van der Waals surface area contributed by atoms with Crippen LogP contribution < -0.4 is 9.64 Å². The zero-order valence-electron chi connectivity index (χ0n) is 17.5. The molecule has 2 aliphatic heterocycles. The van der Waals surface area contributed by atoms with Gasteiger partial charge in [0.1, 0.15) is 11.9 Å². The summed E-state index contributed by atoms with van der Waals surface area (Å²) < 4.78 is 13.9. The molecule has 162 valence electrons. The molecule has 8 heteroatoms. The highest BCUT2D eigenvalue weighted by atomic mass is 32.1. The first-order valence-corrected chi connectivity index (χ1v) is 11.1. The third-order valence-electron chi connectivity index (χ3n) is 6.27. The molecule has 2 aromatic carbocycles. The van der Waals surface area contributed by atoms with Crippen molar-refractivity contribution in [1.29, 1.82) is 0 Å². The molecule has 2 aliphatic rings. The van der Waals surface area contributed by atoms with E-state index in [4.69, 9.17) is 21.7 Å². The van der Waals surface area contributed by atoms with Crippen LogP contribution in [0.1, 0.15) is 18.9 Å². The van der Waals surface area contributed by atoms with E-state index in [-0.39, 0.29) is 12.2 Å². The number of para-hydroxylation sites is 2. The number of H-pyrrole nitrogens is 1. The Morgan fingerprint density at radius 1 is 1.13 bits per heavy atom. The van der Waals surface area contributed by atoms with Gasteiger partial charge in [0, 0.05) is 31.4 Å². The first-order valence-electron chi connectivity index (χ1n) is 10.7. The van der Waals surface area contributed by atoms with Gasteiger partial charge in [0.15, 0.2) is 4.77 Å². The van der Waals surface area contributed by atoms with E-state index < -0.39 is 0 Å². The number of carbonyl (C=O) groups excluding carboxylic acids is 1. The maximum Gasteiger partial charge on any atom is 0.414 e. The van der Waals surface area contributed by atoms with Gasteiger partial charge in [-0.05, 0) is 61.5 Å². The number of fused-ring (bicyclic) bond motifs is 1. The van der Waals surface area contributed by atoms with Gasteiger partial charge in [-0.3, -0.25) is 9.80 Å². The molecular weight excluding hydrogens is 412 g/mol. The average molecular weight is 439 g/mol. The molecule has 5 rings (SSSR count). The molecule has 1 aromatic heterocycles. The summed E-state index contributed by atoms with van der Waals surface area (Å²) in [7, 11) is 1.63. The van der Waals surface area contributed by atoms with Gasteiger partial charge >= 0.3 is 6.09 Å². The fourth-order valence-electron chi connectivity index (χ4n) is 4.67. The number of amides is 1. The number of imidazole rings is 1. The third kappa shape index (κ3) is 3.93. The highest BCUT2D eigenvalue weighted by Gasteiger charge is 2.34. The lowest BCUT2D eigenvalue weighted by Crippen LogP contribution is -2.40. The zero-order chi connectivity index (χ0) is 21.4. The van der Waals surface area contributed by atoms with Crippen molar-refractivity contribution in [1.82, 2.24) is 14.5 Å². The molecule has 3 heterocycles. The van der Waals surface area contributed by atoms with Crippen molar-refractivity contribution >= 4 is 35.0 Å². The molecule has 0 saturated carbocycles. The van der Waals surface area contributed by atoms with E-state index in [9.17, 15) is 4.79 Å². The molecular formula is C23H26N4O3S. The summed E-state index contributed by atoms with van der Waals surface area (Å²) in [6, 6.07) is 16.2. The minimum atomic E-state index is -0.282. The molecule has 0 aliphatic carbocycles. The first kappa shape index (κ1) is 20.1. The van der Waals surface area contributed by atoms with E-state index in [0.717, 1.165) is 54.2 Å². The number of aromatic amines is 1. The molecule has 0 bridgehead atoms. The molecule has 7 nitrogen and oxygen atoms in total. The van der Waals surface area contributed by atoms with Crippen LogP contribution in [0.2, 0.25) is 0 Å². The largest absolute Gasteiger partial charge is 0.497 e. The number of anilines is 1. The van der Waals surface area contributed by atoms with Crippen molar-refractivity contribution in [2.75, 3.05) is 38.2 Å². The number of aromatic nitrogens is 2. The predicted molar refractivity (Wildman–Crippen MR) is 122 cm³/mol. The van der Waals surface area contributed by atoms with Crippen molar-refractivity contribution in [2.45, 2.75) is 25.0 Å². The van der Waals surface area contributed by atoms with E-state index in [1.807, 2.05) is 30.3 Å². The minimum Gasteiger partial charge on any atom is -0.497 e. The number of likely N-dealkylation sites (tertiary alicyclic amines) is 1. The Kier molecular flexibility index (Phi) is 5.41. The monoisotopic (exact) mass is 438 g/mol. The summed E-state index contributed by atoms with van der Waals surface area (Å²) in [6.07, 6.45) is 1.65. The Morgan fingerprint density at radius 3 is 2.61 bits per heavy atom. The molecule has 1 atom stereocenters. The molecule has 0 radical (unpaired) electrons. The van der Waals surface area contributed by atoms with Crippen LogP contribution in [0.15, 0.2) is 48.5 Å². The topological polar surface area (TPSA) is 62.7 Å². The lowest BCUT2D eigenvalue weighted by atomic mass is 10.0. The predicted octanol–water partition coefficient (Wildman–Crippen LogP) is 4.37. The van der Waals surface area contributed by atoms with Gasteiger partial charge in [0.05, 0.1) is 24.7 Å². The van der Waals surface area contributed by atoms with Gasteiger partial charge in [-0.2, -0.15) is 0 Å². The number of cyclic esters (lactones) is 1. The quantitative estimate of drug-likeness (QED) is 0.600. The zero-order valence-corrected chi connectivity index (χ0v) is 18.3. The Bertz CT molecular complexity index is 1130. The van der Waals surface area contributed by atoms with Crippen LogP contribution in [0.3, 0.4) is 0 Å². The van der Waals surface area contributed by atoms with Crippen molar-refractivity contribution in [3.05, 3.63) is 53.3 Å². The average Bonchev–Trinajstić information content (AvgIpc) is 3.33. The molecule has 2 fully saturated rings.